The van der Waals surface area contributed by atoms with E-state index in [1.807, 2.05) is 0 Å². The van der Waals surface area contributed by atoms with Crippen molar-refractivity contribution in [2.45, 2.75) is 13.5 Å². The fourth-order valence-electron chi connectivity index (χ4n) is 1.88. The summed E-state index contributed by atoms with van der Waals surface area (Å²) in [5, 5.41) is 5.47. The zero-order chi connectivity index (χ0) is 17.0. The molecule has 1 aromatic heterocycles. The Morgan fingerprint density at radius 1 is 1.09 bits per heavy atom. The third-order valence-electron chi connectivity index (χ3n) is 2.81. The van der Waals surface area contributed by atoms with Crippen LogP contribution in [-0.2, 0) is 16.1 Å². The molecule has 0 unspecified atom stereocenters. The van der Waals surface area contributed by atoms with E-state index in [4.69, 9.17) is 23.2 Å². The van der Waals surface area contributed by atoms with Gasteiger partial charge in [0.1, 0.15) is 11.6 Å². The van der Waals surface area contributed by atoms with Crippen LogP contribution in [0.25, 0.3) is 0 Å². The number of nitrogens with one attached hydrogen (secondary N) is 2. The fourth-order valence-corrected chi connectivity index (χ4v) is 2.39. The molecule has 0 aliphatic heterocycles. The van der Waals surface area contributed by atoms with E-state index in [1.54, 1.807) is 24.3 Å². The first-order valence-electron chi connectivity index (χ1n) is 6.58. The van der Waals surface area contributed by atoms with Crippen molar-refractivity contribution in [2.24, 2.45) is 0 Å². The minimum atomic E-state index is -0.493. The molecule has 6 nitrogen and oxygen atoms in total. The lowest BCUT2D eigenvalue weighted by atomic mass is 10.2. The number of benzene rings is 1. The van der Waals surface area contributed by atoms with Crippen molar-refractivity contribution in [3.8, 4) is 0 Å². The molecule has 1 aromatic carbocycles. The molecule has 0 saturated heterocycles. The van der Waals surface area contributed by atoms with E-state index in [0.717, 1.165) is 4.57 Å². The lowest BCUT2D eigenvalue weighted by Gasteiger charge is -2.09. The van der Waals surface area contributed by atoms with E-state index < -0.39 is 11.5 Å². The minimum Gasteiger partial charge on any atom is -0.326 e. The van der Waals surface area contributed by atoms with Crippen molar-refractivity contribution in [1.29, 1.82) is 0 Å². The van der Waals surface area contributed by atoms with Gasteiger partial charge in [-0.1, -0.05) is 23.2 Å². The Hall–Kier alpha value is -2.31. The fraction of sp³-hybridized carbons (Fsp3) is 0.133. The molecule has 1 heterocycles. The van der Waals surface area contributed by atoms with Gasteiger partial charge in [-0.3, -0.25) is 14.4 Å². The van der Waals surface area contributed by atoms with Crippen LogP contribution in [0.2, 0.25) is 10.0 Å². The van der Waals surface area contributed by atoms with Crippen molar-refractivity contribution in [2.75, 3.05) is 10.6 Å². The van der Waals surface area contributed by atoms with Crippen LogP contribution in [0.5, 0.6) is 0 Å². The molecular weight excluding hydrogens is 341 g/mol. The molecule has 23 heavy (non-hydrogen) atoms. The monoisotopic (exact) mass is 353 g/mol. The highest BCUT2D eigenvalue weighted by Crippen LogP contribution is 2.14. The van der Waals surface area contributed by atoms with Gasteiger partial charge in [-0.25, -0.2) is 0 Å². The summed E-state index contributed by atoms with van der Waals surface area (Å²) in [6.07, 6.45) is 1.34. The molecule has 0 atom stereocenters. The Morgan fingerprint density at radius 2 is 1.65 bits per heavy atom. The predicted molar refractivity (Wildman–Crippen MR) is 90.1 cm³/mol. The zero-order valence-corrected chi connectivity index (χ0v) is 13.6. The summed E-state index contributed by atoms with van der Waals surface area (Å²) >= 11 is 11.6. The molecule has 0 bridgehead atoms. The molecule has 0 aliphatic rings. The summed E-state index contributed by atoms with van der Waals surface area (Å²) in [7, 11) is 0. The average molecular weight is 354 g/mol. The van der Waals surface area contributed by atoms with Crippen LogP contribution in [0.15, 0.2) is 41.3 Å². The van der Waals surface area contributed by atoms with E-state index in [0.29, 0.717) is 11.4 Å². The van der Waals surface area contributed by atoms with Crippen molar-refractivity contribution >= 4 is 46.4 Å². The first-order chi connectivity index (χ1) is 10.8. The summed E-state index contributed by atoms with van der Waals surface area (Å²) in [5.74, 6) is -0.586. The van der Waals surface area contributed by atoms with Crippen LogP contribution in [0, 0.1) is 0 Å². The third-order valence-corrected chi connectivity index (χ3v) is 3.29. The minimum absolute atomic E-state index is 0.0510. The third kappa shape index (κ3) is 4.84. The van der Waals surface area contributed by atoms with Crippen LogP contribution < -0.4 is 16.2 Å². The number of rotatable bonds is 4. The number of aromatic nitrogens is 1. The van der Waals surface area contributed by atoms with Gasteiger partial charge in [-0.15, -0.1) is 0 Å². The second kappa shape index (κ2) is 7.30. The van der Waals surface area contributed by atoms with E-state index in [2.05, 4.69) is 10.6 Å². The molecule has 0 radical (unpaired) electrons. The van der Waals surface area contributed by atoms with Crippen molar-refractivity contribution in [1.82, 2.24) is 4.57 Å². The SMILES string of the molecule is CC(=O)Nc1ccc(NC(=O)Cn2cc(Cl)cc(Cl)c2=O)cc1. The number of carbonyl (C=O) groups is 2. The van der Waals surface area contributed by atoms with Crippen molar-refractivity contribution in [3.63, 3.8) is 0 Å². The Labute approximate surface area is 142 Å². The molecule has 120 valence electrons. The number of halogens is 2. The maximum absolute atomic E-state index is 12.0. The second-order valence-electron chi connectivity index (χ2n) is 4.75. The molecule has 0 fully saturated rings. The predicted octanol–water partition coefficient (Wildman–Crippen LogP) is 2.75. The Morgan fingerprint density at radius 3 is 2.22 bits per heavy atom. The van der Waals surface area contributed by atoms with Crippen LogP contribution >= 0.6 is 23.2 Å². The quantitative estimate of drug-likeness (QED) is 0.886. The van der Waals surface area contributed by atoms with Crippen molar-refractivity contribution in [3.05, 3.63) is 56.9 Å². The molecule has 2 amide bonds. The summed E-state index contributed by atoms with van der Waals surface area (Å²) in [6, 6.07) is 7.90. The number of carbonyl (C=O) groups excluding carboxylic acids is 2. The molecule has 0 aliphatic carbocycles. The van der Waals surface area contributed by atoms with Crippen LogP contribution in [-0.4, -0.2) is 16.4 Å². The summed E-state index contributed by atoms with van der Waals surface area (Å²) < 4.78 is 1.13. The Balaban J connectivity index is 2.05. The van der Waals surface area contributed by atoms with Gasteiger partial charge in [-0.05, 0) is 30.3 Å². The van der Waals surface area contributed by atoms with E-state index in [1.165, 1.54) is 19.2 Å². The van der Waals surface area contributed by atoms with Gasteiger partial charge in [0.2, 0.25) is 11.8 Å². The molecular formula is C15H13Cl2N3O3. The first-order valence-corrected chi connectivity index (χ1v) is 7.34. The lowest BCUT2D eigenvalue weighted by Crippen LogP contribution is -2.27. The number of anilines is 2. The van der Waals surface area contributed by atoms with Gasteiger partial charge in [-0.2, -0.15) is 0 Å². The highest BCUT2D eigenvalue weighted by molar-refractivity contribution is 6.34. The smallest absolute Gasteiger partial charge is 0.269 e. The molecule has 0 spiro atoms. The van der Waals surface area contributed by atoms with E-state index >= 15 is 0 Å². The number of hydrogen-bond donors (Lipinski definition) is 2. The van der Waals surface area contributed by atoms with Gasteiger partial charge in [0.15, 0.2) is 0 Å². The number of hydrogen-bond acceptors (Lipinski definition) is 3. The number of amides is 2. The van der Waals surface area contributed by atoms with Crippen LogP contribution in [0.3, 0.4) is 0 Å². The normalized spacial score (nSPS) is 10.2. The summed E-state index contributed by atoms with van der Waals surface area (Å²) in [6.45, 7) is 1.19. The van der Waals surface area contributed by atoms with E-state index in [-0.39, 0.29) is 22.5 Å². The van der Waals surface area contributed by atoms with Crippen LogP contribution in [0.1, 0.15) is 6.92 Å². The zero-order valence-electron chi connectivity index (χ0n) is 12.1. The summed E-state index contributed by atoms with van der Waals surface area (Å²) in [5.41, 5.74) is 0.658. The number of pyridine rings is 1. The summed E-state index contributed by atoms with van der Waals surface area (Å²) in [4.78, 5) is 34.7. The standard InChI is InChI=1S/C15H13Cl2N3O3/c1-9(21)18-11-2-4-12(5-3-11)19-14(22)8-20-7-10(16)6-13(17)15(20)23/h2-7H,8H2,1H3,(H,18,21)(H,19,22). The average Bonchev–Trinajstić information content (AvgIpc) is 2.45. The second-order valence-corrected chi connectivity index (χ2v) is 5.59. The van der Waals surface area contributed by atoms with Crippen molar-refractivity contribution < 1.29 is 9.59 Å². The van der Waals surface area contributed by atoms with Gasteiger partial charge in [0, 0.05) is 24.5 Å². The Kier molecular flexibility index (Phi) is 5.41. The van der Waals surface area contributed by atoms with Gasteiger partial charge >= 0.3 is 0 Å². The maximum Gasteiger partial charge on any atom is 0.269 e. The van der Waals surface area contributed by atoms with E-state index in [9.17, 15) is 14.4 Å². The van der Waals surface area contributed by atoms with Gasteiger partial charge in [0.05, 0.1) is 5.02 Å². The Bertz CT molecular complexity index is 801. The lowest BCUT2D eigenvalue weighted by molar-refractivity contribution is -0.117. The molecule has 0 saturated carbocycles. The highest BCUT2D eigenvalue weighted by atomic mass is 35.5. The first kappa shape index (κ1) is 17.1. The molecule has 2 aromatic rings. The van der Waals surface area contributed by atoms with Crippen LogP contribution in [0.4, 0.5) is 11.4 Å². The maximum atomic E-state index is 12.0. The van der Waals surface area contributed by atoms with Gasteiger partial charge in [0.25, 0.3) is 5.56 Å². The number of nitrogens with zero attached hydrogens (tertiary/aromatic N) is 1. The van der Waals surface area contributed by atoms with Gasteiger partial charge < -0.3 is 15.2 Å². The molecule has 2 rings (SSSR count). The molecule has 8 heteroatoms. The largest absolute Gasteiger partial charge is 0.326 e. The topological polar surface area (TPSA) is 80.2 Å². The molecule has 2 N–H and O–H groups in total. The highest BCUT2D eigenvalue weighted by Gasteiger charge is 2.09.